The van der Waals surface area contributed by atoms with E-state index in [4.69, 9.17) is 0 Å². The van der Waals surface area contributed by atoms with E-state index in [9.17, 15) is 13.2 Å². The maximum absolute atomic E-state index is 13.9. The smallest absolute Gasteiger partial charge is 0.133 e. The summed E-state index contributed by atoms with van der Waals surface area (Å²) in [5.41, 5.74) is 0.820. The second-order valence-corrected chi connectivity index (χ2v) is 4.75. The minimum Gasteiger partial charge on any atom is -0.312 e. The normalized spacial score (nSPS) is 14.1. The predicted octanol–water partition coefficient (Wildman–Crippen LogP) is 4.17. The van der Waals surface area contributed by atoms with Gasteiger partial charge in [0.15, 0.2) is 0 Å². The number of benzene rings is 2. The quantitative estimate of drug-likeness (QED) is 0.885. The summed E-state index contributed by atoms with van der Waals surface area (Å²) in [7, 11) is 1.63. The zero-order valence-electron chi connectivity index (χ0n) is 11.3. The molecule has 0 amide bonds. The molecule has 20 heavy (non-hydrogen) atoms. The highest BCUT2D eigenvalue weighted by Gasteiger charge is 2.26. The van der Waals surface area contributed by atoms with Crippen LogP contribution in [0, 0.1) is 17.5 Å². The molecule has 0 fully saturated rings. The SMILES string of the molecule is CNC(c1c(F)cc(F)cc1F)C(C)c1ccccc1. The first-order valence-corrected chi connectivity index (χ1v) is 6.41. The van der Waals surface area contributed by atoms with E-state index in [1.54, 1.807) is 7.05 Å². The van der Waals surface area contributed by atoms with Crippen LogP contribution in [-0.4, -0.2) is 7.05 Å². The van der Waals surface area contributed by atoms with Crippen LogP contribution >= 0.6 is 0 Å². The predicted molar refractivity (Wildman–Crippen MR) is 73.0 cm³/mol. The number of likely N-dealkylation sites (N-methyl/N-ethyl adjacent to an activating group) is 1. The molecular formula is C16H16F3N. The van der Waals surface area contributed by atoms with Crippen molar-refractivity contribution in [3.63, 3.8) is 0 Å². The molecule has 2 unspecified atom stereocenters. The molecule has 4 heteroatoms. The van der Waals surface area contributed by atoms with E-state index < -0.39 is 23.5 Å². The zero-order valence-corrected chi connectivity index (χ0v) is 11.3. The first-order chi connectivity index (χ1) is 9.54. The van der Waals surface area contributed by atoms with Crippen molar-refractivity contribution < 1.29 is 13.2 Å². The van der Waals surface area contributed by atoms with Gasteiger partial charge in [0.25, 0.3) is 0 Å². The van der Waals surface area contributed by atoms with Crippen LogP contribution in [0.5, 0.6) is 0 Å². The number of rotatable bonds is 4. The van der Waals surface area contributed by atoms with E-state index in [-0.39, 0.29) is 11.5 Å². The molecule has 2 aromatic rings. The third-order valence-electron chi connectivity index (χ3n) is 3.49. The van der Waals surface area contributed by atoms with Crippen LogP contribution in [0.3, 0.4) is 0 Å². The lowest BCUT2D eigenvalue weighted by atomic mass is 9.88. The monoisotopic (exact) mass is 279 g/mol. The minimum absolute atomic E-state index is 0.134. The maximum atomic E-state index is 13.9. The lowest BCUT2D eigenvalue weighted by Crippen LogP contribution is -2.24. The Balaban J connectivity index is 2.43. The second-order valence-electron chi connectivity index (χ2n) is 4.75. The summed E-state index contributed by atoms with van der Waals surface area (Å²) in [6.07, 6.45) is 0. The molecule has 0 saturated carbocycles. The van der Waals surface area contributed by atoms with Crippen molar-refractivity contribution in [3.05, 3.63) is 71.0 Å². The average molecular weight is 279 g/mol. The summed E-state index contributed by atoms with van der Waals surface area (Å²) < 4.78 is 40.8. The van der Waals surface area contributed by atoms with Crippen molar-refractivity contribution in [2.75, 3.05) is 7.05 Å². The fraction of sp³-hybridized carbons (Fsp3) is 0.250. The van der Waals surface area contributed by atoms with Gasteiger partial charge in [-0.05, 0) is 12.6 Å². The van der Waals surface area contributed by atoms with Crippen molar-refractivity contribution in [1.82, 2.24) is 5.32 Å². The molecule has 2 aromatic carbocycles. The third-order valence-corrected chi connectivity index (χ3v) is 3.49. The second kappa shape index (κ2) is 6.09. The average Bonchev–Trinajstić information content (AvgIpc) is 2.43. The molecule has 0 radical (unpaired) electrons. The fourth-order valence-electron chi connectivity index (χ4n) is 2.44. The number of hydrogen-bond donors (Lipinski definition) is 1. The topological polar surface area (TPSA) is 12.0 Å². The molecule has 1 N–H and O–H groups in total. The van der Waals surface area contributed by atoms with Crippen molar-refractivity contribution >= 4 is 0 Å². The highest BCUT2D eigenvalue weighted by molar-refractivity contribution is 5.30. The zero-order chi connectivity index (χ0) is 14.7. The Morgan fingerprint density at radius 2 is 1.50 bits per heavy atom. The molecule has 0 aliphatic heterocycles. The summed E-state index contributed by atoms with van der Waals surface area (Å²) in [5, 5.41) is 2.92. The van der Waals surface area contributed by atoms with Crippen LogP contribution in [0.15, 0.2) is 42.5 Å². The van der Waals surface area contributed by atoms with Gasteiger partial charge in [-0.15, -0.1) is 0 Å². The van der Waals surface area contributed by atoms with Gasteiger partial charge >= 0.3 is 0 Å². The van der Waals surface area contributed by atoms with E-state index >= 15 is 0 Å². The van der Waals surface area contributed by atoms with Crippen molar-refractivity contribution in [1.29, 1.82) is 0 Å². The van der Waals surface area contributed by atoms with Gasteiger partial charge in [0, 0.05) is 29.7 Å². The van der Waals surface area contributed by atoms with E-state index in [2.05, 4.69) is 5.32 Å². The molecule has 0 aliphatic carbocycles. The van der Waals surface area contributed by atoms with Gasteiger partial charge in [-0.1, -0.05) is 37.3 Å². The van der Waals surface area contributed by atoms with Crippen LogP contribution < -0.4 is 5.32 Å². The Bertz CT molecular complexity index is 561. The van der Waals surface area contributed by atoms with Gasteiger partial charge in [0.1, 0.15) is 17.5 Å². The molecular weight excluding hydrogens is 263 g/mol. The molecule has 2 atom stereocenters. The Kier molecular flexibility index (Phi) is 4.45. The number of halogens is 3. The van der Waals surface area contributed by atoms with Gasteiger partial charge < -0.3 is 5.32 Å². The van der Waals surface area contributed by atoms with Gasteiger partial charge in [0.2, 0.25) is 0 Å². The number of nitrogens with one attached hydrogen (secondary N) is 1. The van der Waals surface area contributed by atoms with Gasteiger partial charge in [0.05, 0.1) is 0 Å². The lowest BCUT2D eigenvalue weighted by Gasteiger charge is -2.25. The summed E-state index contributed by atoms with van der Waals surface area (Å²) in [6, 6.07) is 10.3. The van der Waals surface area contributed by atoms with Crippen LogP contribution in [0.4, 0.5) is 13.2 Å². The Morgan fingerprint density at radius 3 is 2.00 bits per heavy atom. The third kappa shape index (κ3) is 2.85. The first-order valence-electron chi connectivity index (χ1n) is 6.41. The first kappa shape index (κ1) is 14.6. The Morgan fingerprint density at radius 1 is 0.950 bits per heavy atom. The van der Waals surface area contributed by atoms with Gasteiger partial charge in [-0.25, -0.2) is 13.2 Å². The highest BCUT2D eigenvalue weighted by atomic mass is 19.1. The fourth-order valence-corrected chi connectivity index (χ4v) is 2.44. The standard InChI is InChI=1S/C16H16F3N/c1-10(11-6-4-3-5-7-11)16(20-2)15-13(18)8-12(17)9-14(15)19/h3-10,16,20H,1-2H3. The Labute approximate surface area is 116 Å². The van der Waals surface area contributed by atoms with Crippen molar-refractivity contribution in [2.45, 2.75) is 18.9 Å². The highest BCUT2D eigenvalue weighted by Crippen LogP contribution is 2.33. The molecule has 0 heterocycles. The lowest BCUT2D eigenvalue weighted by molar-refractivity contribution is 0.440. The molecule has 0 spiro atoms. The van der Waals surface area contributed by atoms with Gasteiger partial charge in [-0.3, -0.25) is 0 Å². The minimum atomic E-state index is -0.911. The molecule has 106 valence electrons. The summed E-state index contributed by atoms with van der Waals surface area (Å²) in [5.74, 6) is -2.81. The summed E-state index contributed by atoms with van der Waals surface area (Å²) >= 11 is 0. The molecule has 2 rings (SSSR count). The van der Waals surface area contributed by atoms with Gasteiger partial charge in [-0.2, -0.15) is 0 Å². The van der Waals surface area contributed by atoms with Crippen LogP contribution in [0.25, 0.3) is 0 Å². The van der Waals surface area contributed by atoms with Crippen LogP contribution in [-0.2, 0) is 0 Å². The van der Waals surface area contributed by atoms with Crippen LogP contribution in [0.1, 0.15) is 30.0 Å². The molecule has 0 saturated heterocycles. The maximum Gasteiger partial charge on any atom is 0.133 e. The largest absolute Gasteiger partial charge is 0.312 e. The van der Waals surface area contributed by atoms with Crippen molar-refractivity contribution in [3.8, 4) is 0 Å². The molecule has 0 aromatic heterocycles. The number of hydrogen-bond acceptors (Lipinski definition) is 1. The summed E-state index contributed by atoms with van der Waals surface area (Å²) in [6.45, 7) is 1.87. The van der Waals surface area contributed by atoms with Crippen molar-refractivity contribution in [2.24, 2.45) is 0 Å². The van der Waals surface area contributed by atoms with E-state index in [0.717, 1.165) is 5.56 Å². The Hall–Kier alpha value is -1.81. The summed E-state index contributed by atoms with van der Waals surface area (Å²) in [4.78, 5) is 0. The molecule has 1 nitrogen and oxygen atoms in total. The molecule has 0 aliphatic rings. The van der Waals surface area contributed by atoms with Crippen LogP contribution in [0.2, 0.25) is 0 Å². The molecule has 0 bridgehead atoms. The van der Waals surface area contributed by atoms with E-state index in [1.807, 2.05) is 37.3 Å². The van der Waals surface area contributed by atoms with E-state index in [0.29, 0.717) is 12.1 Å². The van der Waals surface area contributed by atoms with E-state index in [1.165, 1.54) is 0 Å².